The summed E-state index contributed by atoms with van der Waals surface area (Å²) in [6.45, 7) is -0.494. The first kappa shape index (κ1) is 14.9. The molecule has 0 fully saturated rings. The van der Waals surface area contributed by atoms with E-state index in [0.717, 1.165) is 6.07 Å². The number of nitro benzene ring substituents is 1. The van der Waals surface area contributed by atoms with Gasteiger partial charge in [0.15, 0.2) is 0 Å². The van der Waals surface area contributed by atoms with Crippen LogP contribution in [-0.4, -0.2) is 29.8 Å². The topological polar surface area (TPSA) is 127 Å². The van der Waals surface area contributed by atoms with Crippen molar-refractivity contribution in [2.75, 3.05) is 18.4 Å². The van der Waals surface area contributed by atoms with Crippen molar-refractivity contribution in [2.24, 2.45) is 5.73 Å². The van der Waals surface area contributed by atoms with Gasteiger partial charge >= 0.3 is 0 Å². The highest BCUT2D eigenvalue weighted by Gasteiger charge is 2.14. The van der Waals surface area contributed by atoms with Crippen molar-refractivity contribution in [3.63, 3.8) is 0 Å². The van der Waals surface area contributed by atoms with Gasteiger partial charge in [0, 0.05) is 11.8 Å². The van der Waals surface area contributed by atoms with E-state index in [1.54, 1.807) is 0 Å². The van der Waals surface area contributed by atoms with Gasteiger partial charge in [-0.15, -0.1) is 0 Å². The number of carbonyl (C=O) groups excluding carboxylic acids is 2. The molecule has 9 heteroatoms. The Morgan fingerprint density at radius 2 is 2.05 bits per heavy atom. The summed E-state index contributed by atoms with van der Waals surface area (Å²) in [6.07, 6.45) is 0. The molecule has 1 aromatic rings. The first-order chi connectivity index (χ1) is 8.93. The number of nitrogens with one attached hydrogen (secondary N) is 2. The Morgan fingerprint density at radius 3 is 2.63 bits per heavy atom. The standard InChI is InChI=1S/C10H11ClN4O4/c11-7-2-1-6(3-8(7)15(18)19)14-10(17)5-13-9(16)4-12/h1-3H,4-5,12H2,(H,13,16)(H,14,17). The van der Waals surface area contributed by atoms with Crippen LogP contribution in [0.1, 0.15) is 0 Å². The molecule has 0 aromatic heterocycles. The fourth-order valence-corrected chi connectivity index (χ4v) is 1.37. The quantitative estimate of drug-likeness (QED) is 0.528. The highest BCUT2D eigenvalue weighted by Crippen LogP contribution is 2.27. The minimum atomic E-state index is -0.659. The monoisotopic (exact) mass is 286 g/mol. The maximum atomic E-state index is 11.4. The Kier molecular flexibility index (Phi) is 5.22. The number of halogens is 1. The Hall–Kier alpha value is -2.19. The van der Waals surface area contributed by atoms with Crippen LogP contribution in [0.4, 0.5) is 11.4 Å². The summed E-state index contributed by atoms with van der Waals surface area (Å²) in [4.78, 5) is 32.3. The van der Waals surface area contributed by atoms with Gasteiger partial charge in [-0.1, -0.05) is 11.6 Å². The molecule has 0 unspecified atom stereocenters. The zero-order valence-corrected chi connectivity index (χ0v) is 10.4. The molecule has 0 aliphatic carbocycles. The fraction of sp³-hybridized carbons (Fsp3) is 0.200. The second kappa shape index (κ2) is 6.66. The number of hydrogen-bond acceptors (Lipinski definition) is 5. The molecular weight excluding hydrogens is 276 g/mol. The highest BCUT2D eigenvalue weighted by molar-refractivity contribution is 6.32. The Morgan fingerprint density at radius 1 is 1.37 bits per heavy atom. The molecule has 0 radical (unpaired) electrons. The molecule has 4 N–H and O–H groups in total. The number of nitrogens with two attached hydrogens (primary N) is 1. The van der Waals surface area contributed by atoms with Crippen molar-refractivity contribution in [1.29, 1.82) is 0 Å². The van der Waals surface area contributed by atoms with E-state index in [1.807, 2.05) is 0 Å². The summed E-state index contributed by atoms with van der Waals surface area (Å²) in [6, 6.07) is 3.84. The summed E-state index contributed by atoms with van der Waals surface area (Å²) in [7, 11) is 0. The summed E-state index contributed by atoms with van der Waals surface area (Å²) in [5, 5.41) is 15.3. The molecule has 0 heterocycles. The molecule has 0 saturated carbocycles. The van der Waals surface area contributed by atoms with Crippen LogP contribution < -0.4 is 16.4 Å². The Balaban J connectivity index is 2.67. The number of rotatable bonds is 5. The van der Waals surface area contributed by atoms with Gasteiger partial charge in [-0.2, -0.15) is 0 Å². The number of carbonyl (C=O) groups is 2. The van der Waals surface area contributed by atoms with E-state index in [9.17, 15) is 19.7 Å². The highest BCUT2D eigenvalue weighted by atomic mass is 35.5. The van der Waals surface area contributed by atoms with E-state index in [4.69, 9.17) is 17.3 Å². The van der Waals surface area contributed by atoms with Crippen molar-refractivity contribution in [2.45, 2.75) is 0 Å². The molecule has 0 atom stereocenters. The predicted octanol–water partition coefficient (Wildman–Crippen LogP) is 0.262. The predicted molar refractivity (Wildman–Crippen MR) is 68.8 cm³/mol. The van der Waals surface area contributed by atoms with E-state index >= 15 is 0 Å². The van der Waals surface area contributed by atoms with Gasteiger partial charge in [0.25, 0.3) is 5.69 Å². The number of nitro groups is 1. The van der Waals surface area contributed by atoms with Gasteiger partial charge in [-0.25, -0.2) is 0 Å². The molecule has 0 aliphatic rings. The molecule has 0 spiro atoms. The molecular formula is C10H11ClN4O4. The summed E-state index contributed by atoms with van der Waals surface area (Å²) in [5.41, 5.74) is 4.94. The van der Waals surface area contributed by atoms with Gasteiger partial charge in [0.1, 0.15) is 5.02 Å². The van der Waals surface area contributed by atoms with Crippen LogP contribution in [0.15, 0.2) is 18.2 Å². The lowest BCUT2D eigenvalue weighted by Crippen LogP contribution is -2.36. The maximum Gasteiger partial charge on any atom is 0.289 e. The third-order valence-electron chi connectivity index (χ3n) is 2.06. The van der Waals surface area contributed by atoms with E-state index < -0.39 is 16.7 Å². The first-order valence-corrected chi connectivity index (χ1v) is 5.52. The average molecular weight is 287 g/mol. The summed E-state index contributed by atoms with van der Waals surface area (Å²) in [5.74, 6) is -1.00. The molecule has 0 aliphatic heterocycles. The molecule has 102 valence electrons. The van der Waals surface area contributed by atoms with Crippen LogP contribution in [0.5, 0.6) is 0 Å². The normalized spacial score (nSPS) is 9.79. The second-order valence-electron chi connectivity index (χ2n) is 3.45. The van der Waals surface area contributed by atoms with Crippen molar-refractivity contribution < 1.29 is 14.5 Å². The van der Waals surface area contributed by atoms with Crippen molar-refractivity contribution >= 4 is 34.8 Å². The number of benzene rings is 1. The average Bonchev–Trinajstić information content (AvgIpc) is 2.37. The lowest BCUT2D eigenvalue weighted by Gasteiger charge is -2.06. The van der Waals surface area contributed by atoms with Crippen molar-refractivity contribution in [3.8, 4) is 0 Å². The smallest absolute Gasteiger partial charge is 0.289 e. The minimum absolute atomic E-state index is 0.0283. The fourth-order valence-electron chi connectivity index (χ4n) is 1.19. The molecule has 0 saturated heterocycles. The van der Waals surface area contributed by atoms with Gasteiger partial charge in [0.05, 0.1) is 18.0 Å². The van der Waals surface area contributed by atoms with Crippen molar-refractivity contribution in [1.82, 2.24) is 5.32 Å². The zero-order chi connectivity index (χ0) is 14.4. The largest absolute Gasteiger partial charge is 0.346 e. The maximum absolute atomic E-state index is 11.4. The second-order valence-corrected chi connectivity index (χ2v) is 3.86. The minimum Gasteiger partial charge on any atom is -0.346 e. The van der Waals surface area contributed by atoms with E-state index in [1.165, 1.54) is 12.1 Å². The third kappa shape index (κ3) is 4.53. The van der Waals surface area contributed by atoms with Gasteiger partial charge in [0.2, 0.25) is 11.8 Å². The van der Waals surface area contributed by atoms with E-state index in [0.29, 0.717) is 0 Å². The Bertz CT molecular complexity index is 520. The van der Waals surface area contributed by atoms with Crippen LogP contribution in [0.3, 0.4) is 0 Å². The third-order valence-corrected chi connectivity index (χ3v) is 2.38. The van der Waals surface area contributed by atoms with Gasteiger partial charge < -0.3 is 16.4 Å². The van der Waals surface area contributed by atoms with Crippen LogP contribution in [0.25, 0.3) is 0 Å². The number of amides is 2. The number of hydrogen-bond donors (Lipinski definition) is 3. The van der Waals surface area contributed by atoms with E-state index in [2.05, 4.69) is 10.6 Å². The first-order valence-electron chi connectivity index (χ1n) is 5.14. The van der Waals surface area contributed by atoms with Crippen LogP contribution in [-0.2, 0) is 9.59 Å². The summed E-state index contributed by atoms with van der Waals surface area (Å²) < 4.78 is 0. The Labute approximate surface area is 113 Å². The molecule has 19 heavy (non-hydrogen) atoms. The van der Waals surface area contributed by atoms with Crippen LogP contribution in [0.2, 0.25) is 5.02 Å². The SMILES string of the molecule is NCC(=O)NCC(=O)Nc1ccc(Cl)c([N+](=O)[O-])c1. The number of anilines is 1. The van der Waals surface area contributed by atoms with Crippen LogP contribution in [0, 0.1) is 10.1 Å². The van der Waals surface area contributed by atoms with Crippen molar-refractivity contribution in [3.05, 3.63) is 33.3 Å². The molecule has 1 rings (SSSR count). The van der Waals surface area contributed by atoms with Gasteiger partial charge in [-0.3, -0.25) is 19.7 Å². The number of nitrogens with zero attached hydrogens (tertiary/aromatic N) is 1. The molecule has 1 aromatic carbocycles. The van der Waals surface area contributed by atoms with Gasteiger partial charge in [-0.05, 0) is 12.1 Å². The van der Waals surface area contributed by atoms with E-state index in [-0.39, 0.29) is 29.5 Å². The zero-order valence-electron chi connectivity index (χ0n) is 9.68. The molecule has 0 bridgehead atoms. The lowest BCUT2D eigenvalue weighted by molar-refractivity contribution is -0.384. The molecule has 8 nitrogen and oxygen atoms in total. The lowest BCUT2D eigenvalue weighted by atomic mass is 10.3. The van der Waals surface area contributed by atoms with Crippen LogP contribution >= 0.6 is 11.6 Å². The molecule has 2 amide bonds. The summed E-state index contributed by atoms with van der Waals surface area (Å²) >= 11 is 5.62.